The van der Waals surface area contributed by atoms with E-state index in [-0.39, 0.29) is 12.4 Å². The second kappa shape index (κ2) is 9.91. The van der Waals surface area contributed by atoms with Gasteiger partial charge in [-0.05, 0) is 110 Å². The van der Waals surface area contributed by atoms with Gasteiger partial charge in [0.1, 0.15) is 25.4 Å². The first-order valence-electron chi connectivity index (χ1n) is 12.4. The minimum absolute atomic E-state index is 0. The standard InChI is InChI=1S/C31H35N2O.ClH/c1-7-25-12-13-31-27(16-25)26(14-15-34-31)17-32-19-33(30-11-9-8-10-29(30)32)18-28-23(5)21(3)20(2)22(4)24(28)6;/h8-14,16,19H,7,15,17-18H2,1-6H3;1H/q+1;/p-1. The second-order valence-electron chi connectivity index (χ2n) is 9.69. The van der Waals surface area contributed by atoms with Crippen LogP contribution in [0, 0.1) is 34.6 Å². The average Bonchev–Trinajstić information content (AvgIpc) is 3.21. The summed E-state index contributed by atoms with van der Waals surface area (Å²) in [6, 6.07) is 15.4. The van der Waals surface area contributed by atoms with Crippen molar-refractivity contribution in [3.63, 3.8) is 0 Å². The monoisotopic (exact) mass is 486 g/mol. The summed E-state index contributed by atoms with van der Waals surface area (Å²) < 4.78 is 10.7. The van der Waals surface area contributed by atoms with Gasteiger partial charge in [-0.2, -0.15) is 0 Å². The molecule has 0 aliphatic carbocycles. The van der Waals surface area contributed by atoms with Gasteiger partial charge in [0.05, 0.1) is 0 Å². The predicted molar refractivity (Wildman–Crippen MR) is 141 cm³/mol. The van der Waals surface area contributed by atoms with Crippen LogP contribution in [0.4, 0.5) is 0 Å². The number of hydrogen-bond acceptors (Lipinski definition) is 1. The maximum Gasteiger partial charge on any atom is 0.245 e. The summed E-state index contributed by atoms with van der Waals surface area (Å²) in [6.45, 7) is 15.9. The molecule has 0 amide bonds. The molecule has 4 aromatic rings. The van der Waals surface area contributed by atoms with Gasteiger partial charge < -0.3 is 17.1 Å². The van der Waals surface area contributed by atoms with E-state index < -0.39 is 0 Å². The van der Waals surface area contributed by atoms with E-state index in [9.17, 15) is 0 Å². The third-order valence-electron chi connectivity index (χ3n) is 7.97. The van der Waals surface area contributed by atoms with E-state index >= 15 is 0 Å². The van der Waals surface area contributed by atoms with Gasteiger partial charge in [-0.3, -0.25) is 0 Å². The van der Waals surface area contributed by atoms with Crippen LogP contribution in [-0.4, -0.2) is 11.2 Å². The normalized spacial score (nSPS) is 12.7. The molecule has 0 radical (unpaired) electrons. The lowest BCUT2D eigenvalue weighted by atomic mass is 9.89. The van der Waals surface area contributed by atoms with Crippen molar-refractivity contribution < 1.29 is 21.7 Å². The van der Waals surface area contributed by atoms with Crippen LogP contribution in [0.25, 0.3) is 16.6 Å². The lowest BCUT2D eigenvalue weighted by molar-refractivity contribution is -0.659. The summed E-state index contributed by atoms with van der Waals surface area (Å²) in [6.07, 6.45) is 5.57. The summed E-state index contributed by atoms with van der Waals surface area (Å²) in [4.78, 5) is 0. The molecule has 0 spiro atoms. The number of benzene rings is 3. The third-order valence-corrected chi connectivity index (χ3v) is 7.97. The molecule has 4 heteroatoms. The smallest absolute Gasteiger partial charge is 0.245 e. The molecule has 35 heavy (non-hydrogen) atoms. The molecule has 2 heterocycles. The fourth-order valence-electron chi connectivity index (χ4n) is 5.33. The zero-order valence-corrected chi connectivity index (χ0v) is 22.5. The van der Waals surface area contributed by atoms with Crippen molar-refractivity contribution in [2.75, 3.05) is 6.61 Å². The van der Waals surface area contributed by atoms with Gasteiger partial charge in [0.2, 0.25) is 6.33 Å². The van der Waals surface area contributed by atoms with Crippen molar-refractivity contribution in [1.29, 1.82) is 0 Å². The Morgan fingerprint density at radius 3 is 2.29 bits per heavy atom. The molecule has 5 rings (SSSR count). The molecular weight excluding hydrogens is 452 g/mol. The van der Waals surface area contributed by atoms with Gasteiger partial charge in [-0.1, -0.05) is 25.1 Å². The molecular formula is C31H35ClN2O. The van der Waals surface area contributed by atoms with Crippen molar-refractivity contribution in [2.24, 2.45) is 0 Å². The molecule has 0 bridgehead atoms. The van der Waals surface area contributed by atoms with Crippen LogP contribution in [0.5, 0.6) is 5.75 Å². The number of hydrogen-bond donors (Lipinski definition) is 0. The fraction of sp³-hybridized carbons (Fsp3) is 0.323. The third kappa shape index (κ3) is 4.38. The Kier molecular flexibility index (Phi) is 7.10. The number of aromatic nitrogens is 2. The van der Waals surface area contributed by atoms with Crippen molar-refractivity contribution in [3.05, 3.63) is 99.4 Å². The SMILES string of the molecule is CCc1ccc2c(c1)C(C[n+]1cn(Cc3c(C)c(C)c(C)c(C)c3C)c3ccccc31)=CCO2.[Cl-]. The number of halogens is 1. The molecule has 1 aliphatic heterocycles. The lowest BCUT2D eigenvalue weighted by Gasteiger charge is -2.18. The summed E-state index contributed by atoms with van der Waals surface area (Å²) in [5, 5.41) is 0. The van der Waals surface area contributed by atoms with Gasteiger partial charge in [0.25, 0.3) is 0 Å². The average molecular weight is 487 g/mol. The van der Waals surface area contributed by atoms with Crippen LogP contribution >= 0.6 is 0 Å². The zero-order chi connectivity index (χ0) is 24.0. The summed E-state index contributed by atoms with van der Waals surface area (Å²) >= 11 is 0. The number of nitrogens with zero attached hydrogens (tertiary/aromatic N) is 2. The highest BCUT2D eigenvalue weighted by Gasteiger charge is 2.22. The Morgan fingerprint density at radius 2 is 1.57 bits per heavy atom. The number of imidazole rings is 1. The van der Waals surface area contributed by atoms with E-state index in [2.05, 4.69) is 106 Å². The second-order valence-corrected chi connectivity index (χ2v) is 9.69. The Hall–Kier alpha value is -3.04. The molecule has 0 unspecified atom stereocenters. The van der Waals surface area contributed by atoms with Crippen LogP contribution in [0.3, 0.4) is 0 Å². The van der Waals surface area contributed by atoms with Crippen molar-refractivity contribution in [3.8, 4) is 5.75 Å². The van der Waals surface area contributed by atoms with E-state index in [0.29, 0.717) is 6.61 Å². The molecule has 182 valence electrons. The summed E-state index contributed by atoms with van der Waals surface area (Å²) in [5.41, 5.74) is 15.0. The molecule has 1 aliphatic rings. The van der Waals surface area contributed by atoms with Crippen LogP contribution in [0.2, 0.25) is 0 Å². The van der Waals surface area contributed by atoms with Crippen LogP contribution < -0.4 is 21.7 Å². The van der Waals surface area contributed by atoms with E-state index in [1.807, 2.05) is 0 Å². The number of ether oxygens (including phenoxy) is 1. The first-order chi connectivity index (χ1) is 16.4. The topological polar surface area (TPSA) is 18.0 Å². The molecule has 3 nitrogen and oxygen atoms in total. The van der Waals surface area contributed by atoms with Crippen LogP contribution in [0.15, 0.2) is 54.9 Å². The minimum atomic E-state index is 0. The van der Waals surface area contributed by atoms with E-state index in [0.717, 1.165) is 25.3 Å². The van der Waals surface area contributed by atoms with Crippen molar-refractivity contribution in [2.45, 2.75) is 61.1 Å². The van der Waals surface area contributed by atoms with Gasteiger partial charge in [-0.15, -0.1) is 0 Å². The number of fused-ring (bicyclic) bond motifs is 2. The Morgan fingerprint density at radius 1 is 0.886 bits per heavy atom. The number of aryl methyl sites for hydroxylation is 1. The minimum Gasteiger partial charge on any atom is -1.00 e. The van der Waals surface area contributed by atoms with E-state index in [1.54, 1.807) is 0 Å². The van der Waals surface area contributed by atoms with Crippen molar-refractivity contribution >= 4 is 16.6 Å². The maximum atomic E-state index is 5.93. The van der Waals surface area contributed by atoms with Crippen molar-refractivity contribution in [1.82, 2.24) is 4.57 Å². The summed E-state index contributed by atoms with van der Waals surface area (Å²) in [7, 11) is 0. The number of rotatable bonds is 5. The van der Waals surface area contributed by atoms with Crippen LogP contribution in [0.1, 0.15) is 51.4 Å². The van der Waals surface area contributed by atoms with Gasteiger partial charge in [0, 0.05) is 11.1 Å². The highest BCUT2D eigenvalue weighted by Crippen LogP contribution is 2.32. The molecule has 1 aromatic heterocycles. The Balaban J connectivity index is 0.00000289. The largest absolute Gasteiger partial charge is 1.00 e. The lowest BCUT2D eigenvalue weighted by Crippen LogP contribution is -3.00. The molecule has 0 fully saturated rings. The maximum absolute atomic E-state index is 5.93. The van der Waals surface area contributed by atoms with E-state index in [4.69, 9.17) is 4.74 Å². The molecule has 0 atom stereocenters. The highest BCUT2D eigenvalue weighted by atomic mass is 35.5. The predicted octanol–water partition coefficient (Wildman–Crippen LogP) is 3.56. The van der Waals surface area contributed by atoms with Gasteiger partial charge in [-0.25, -0.2) is 9.13 Å². The molecule has 0 saturated heterocycles. The molecule has 0 saturated carbocycles. The summed E-state index contributed by atoms with van der Waals surface area (Å²) in [5.74, 6) is 0.996. The molecule has 3 aromatic carbocycles. The first-order valence-corrected chi connectivity index (χ1v) is 12.4. The zero-order valence-electron chi connectivity index (χ0n) is 21.7. The van der Waals surface area contributed by atoms with Gasteiger partial charge in [0.15, 0.2) is 11.0 Å². The Bertz CT molecular complexity index is 1420. The molecule has 0 N–H and O–H groups in total. The first kappa shape index (κ1) is 25.1. The Labute approximate surface area is 215 Å². The van der Waals surface area contributed by atoms with Gasteiger partial charge >= 0.3 is 0 Å². The number of para-hydroxylation sites is 2. The fourth-order valence-corrected chi connectivity index (χ4v) is 5.33. The highest BCUT2D eigenvalue weighted by molar-refractivity contribution is 5.74. The quantitative estimate of drug-likeness (QED) is 0.394. The number of allylic oxidation sites excluding steroid dienone is 1. The van der Waals surface area contributed by atoms with E-state index in [1.165, 1.54) is 61.1 Å². The van der Waals surface area contributed by atoms with Crippen LogP contribution in [-0.2, 0) is 19.5 Å².